The highest BCUT2D eigenvalue weighted by atomic mass is 16.5. The van der Waals surface area contributed by atoms with E-state index in [1.165, 1.54) is 7.11 Å². The number of carbonyl (C=O) groups excluding carboxylic acids is 1. The predicted octanol–water partition coefficient (Wildman–Crippen LogP) is 1.03. The van der Waals surface area contributed by atoms with Crippen molar-refractivity contribution < 1.29 is 9.53 Å². The van der Waals surface area contributed by atoms with Crippen LogP contribution in [0.5, 0.6) is 0 Å². The third-order valence-corrected chi connectivity index (χ3v) is 3.91. The van der Waals surface area contributed by atoms with E-state index in [9.17, 15) is 9.59 Å². The summed E-state index contributed by atoms with van der Waals surface area (Å²) in [7, 11) is 1.41. The molecule has 0 aromatic carbocycles. The molecule has 1 amide bonds. The molecule has 2 atom stereocenters. The lowest BCUT2D eigenvalue weighted by Gasteiger charge is -2.42. The molecule has 3 rings (SSSR count). The number of likely N-dealkylation sites (tertiary alicyclic amines) is 1. The second kappa shape index (κ2) is 4.15. The van der Waals surface area contributed by atoms with Crippen LogP contribution in [0.2, 0.25) is 0 Å². The number of fused-ring (bicyclic) bond motifs is 4. The molecule has 1 fully saturated rings. The third kappa shape index (κ3) is 1.70. The van der Waals surface area contributed by atoms with Gasteiger partial charge in [-0.1, -0.05) is 6.07 Å². The number of ether oxygens (including phenoxy) is 1. The number of methoxy groups -OCH3 is 1. The van der Waals surface area contributed by atoms with E-state index in [0.717, 1.165) is 12.1 Å². The highest BCUT2D eigenvalue weighted by Gasteiger charge is 2.36. The fraction of sp³-hybridized carbons (Fsp3) is 0.538. The fourth-order valence-electron chi connectivity index (χ4n) is 3.17. The molecule has 0 unspecified atom stereocenters. The van der Waals surface area contributed by atoms with Crippen molar-refractivity contribution in [3.63, 3.8) is 0 Å². The van der Waals surface area contributed by atoms with Gasteiger partial charge >= 0.3 is 6.09 Å². The summed E-state index contributed by atoms with van der Waals surface area (Å²) in [6, 6.07) is 5.39. The Morgan fingerprint density at radius 1 is 1.33 bits per heavy atom. The van der Waals surface area contributed by atoms with Crippen molar-refractivity contribution in [1.82, 2.24) is 9.47 Å². The van der Waals surface area contributed by atoms with E-state index in [1.54, 1.807) is 17.0 Å². The van der Waals surface area contributed by atoms with Crippen molar-refractivity contribution in [2.24, 2.45) is 5.92 Å². The summed E-state index contributed by atoms with van der Waals surface area (Å²) in [5.41, 5.74) is 1.11. The molecule has 0 N–H and O–H groups in total. The molecular formula is C13H16N2O3. The first-order valence-corrected chi connectivity index (χ1v) is 6.21. The number of piperidine rings is 1. The number of nitrogens with zero attached hydrogens (tertiary/aromatic N) is 2. The summed E-state index contributed by atoms with van der Waals surface area (Å²) >= 11 is 0. The largest absolute Gasteiger partial charge is 0.453 e. The van der Waals surface area contributed by atoms with Crippen molar-refractivity contribution >= 4 is 6.09 Å². The molecular weight excluding hydrogens is 232 g/mol. The molecule has 5 heteroatoms. The smallest absolute Gasteiger partial charge is 0.409 e. The summed E-state index contributed by atoms with van der Waals surface area (Å²) in [6.45, 7) is 2.04. The zero-order valence-electron chi connectivity index (χ0n) is 10.3. The lowest BCUT2D eigenvalue weighted by molar-refractivity contribution is 0.0830. The molecule has 0 spiro atoms. The number of carbonyl (C=O) groups is 1. The summed E-state index contributed by atoms with van der Waals surface area (Å²) < 4.78 is 6.64. The predicted molar refractivity (Wildman–Crippen MR) is 65.5 cm³/mol. The monoisotopic (exact) mass is 248 g/mol. The maximum atomic E-state index is 11.8. The van der Waals surface area contributed by atoms with Crippen LogP contribution < -0.4 is 5.56 Å². The van der Waals surface area contributed by atoms with Gasteiger partial charge in [-0.2, -0.15) is 0 Å². The Bertz CT molecular complexity index is 537. The molecule has 1 saturated heterocycles. The Balaban J connectivity index is 1.95. The molecule has 0 saturated carbocycles. The van der Waals surface area contributed by atoms with E-state index in [4.69, 9.17) is 4.74 Å². The topological polar surface area (TPSA) is 51.5 Å². The van der Waals surface area contributed by atoms with E-state index < -0.39 is 0 Å². The minimum Gasteiger partial charge on any atom is -0.453 e. The average molecular weight is 248 g/mol. The van der Waals surface area contributed by atoms with Gasteiger partial charge in [-0.05, 0) is 18.4 Å². The molecule has 3 heterocycles. The van der Waals surface area contributed by atoms with Gasteiger partial charge in [-0.25, -0.2) is 4.79 Å². The minimum absolute atomic E-state index is 0.0636. The lowest BCUT2D eigenvalue weighted by Crippen LogP contribution is -2.49. The van der Waals surface area contributed by atoms with Crippen molar-refractivity contribution in [2.45, 2.75) is 18.9 Å². The Kier molecular flexibility index (Phi) is 2.61. The summed E-state index contributed by atoms with van der Waals surface area (Å²) in [5, 5.41) is 0. The number of amides is 1. The Labute approximate surface area is 105 Å². The summed E-state index contributed by atoms with van der Waals surface area (Å²) in [5.74, 6) is 0.612. The first-order chi connectivity index (χ1) is 8.69. The van der Waals surface area contributed by atoms with Crippen molar-refractivity contribution in [2.75, 3.05) is 20.2 Å². The van der Waals surface area contributed by atoms with Crippen LogP contribution in [0.3, 0.4) is 0 Å². The molecule has 0 radical (unpaired) electrons. The minimum atomic E-state index is -0.267. The van der Waals surface area contributed by atoms with E-state index in [1.807, 2.05) is 10.6 Å². The highest BCUT2D eigenvalue weighted by Crippen LogP contribution is 2.34. The maximum absolute atomic E-state index is 11.8. The lowest BCUT2D eigenvalue weighted by atomic mass is 9.83. The van der Waals surface area contributed by atoms with Crippen molar-refractivity contribution in [1.29, 1.82) is 0 Å². The number of aromatic nitrogens is 1. The van der Waals surface area contributed by atoms with Crippen LogP contribution in [-0.2, 0) is 11.3 Å². The second-order valence-electron chi connectivity index (χ2n) is 5.07. The molecule has 0 aliphatic carbocycles. The molecule has 2 aliphatic heterocycles. The van der Waals surface area contributed by atoms with Crippen LogP contribution >= 0.6 is 0 Å². The van der Waals surface area contributed by atoms with Gasteiger partial charge in [0.25, 0.3) is 5.56 Å². The third-order valence-electron chi connectivity index (χ3n) is 3.91. The highest BCUT2D eigenvalue weighted by molar-refractivity contribution is 5.67. The van der Waals surface area contributed by atoms with Crippen molar-refractivity contribution in [3.05, 3.63) is 34.2 Å². The van der Waals surface area contributed by atoms with Gasteiger partial charge in [0, 0.05) is 37.3 Å². The molecule has 96 valence electrons. The Morgan fingerprint density at radius 2 is 2.17 bits per heavy atom. The first kappa shape index (κ1) is 11.3. The van der Waals surface area contributed by atoms with E-state index in [-0.39, 0.29) is 17.6 Å². The van der Waals surface area contributed by atoms with E-state index >= 15 is 0 Å². The van der Waals surface area contributed by atoms with Gasteiger partial charge in [0.05, 0.1) is 7.11 Å². The van der Waals surface area contributed by atoms with E-state index in [0.29, 0.717) is 25.6 Å². The Morgan fingerprint density at radius 3 is 2.94 bits per heavy atom. The molecule has 5 nitrogen and oxygen atoms in total. The number of hydrogen-bond acceptors (Lipinski definition) is 3. The quantitative estimate of drug-likeness (QED) is 0.689. The van der Waals surface area contributed by atoms with Crippen LogP contribution in [0.1, 0.15) is 18.0 Å². The average Bonchev–Trinajstić information content (AvgIpc) is 2.39. The van der Waals surface area contributed by atoms with Crippen molar-refractivity contribution in [3.8, 4) is 0 Å². The van der Waals surface area contributed by atoms with E-state index in [2.05, 4.69) is 0 Å². The van der Waals surface area contributed by atoms with Gasteiger partial charge in [0.15, 0.2) is 0 Å². The first-order valence-electron chi connectivity index (χ1n) is 6.21. The SMILES string of the molecule is COC(=O)N1C[C@@H]2C[C@H](C1)c1cccc(=O)n1C2. The number of hydrogen-bond donors (Lipinski definition) is 0. The zero-order chi connectivity index (χ0) is 12.7. The van der Waals surface area contributed by atoms with Crippen LogP contribution in [0.4, 0.5) is 4.79 Å². The summed E-state index contributed by atoms with van der Waals surface area (Å²) in [6.07, 6.45) is 0.785. The molecule has 1 aromatic heterocycles. The van der Waals surface area contributed by atoms with Gasteiger partial charge in [-0.3, -0.25) is 4.79 Å². The standard InChI is InChI=1S/C13H16N2O3/c1-18-13(17)14-6-9-5-10(8-14)11-3-2-4-12(16)15(11)7-9/h2-4,9-10H,5-8H2,1H3/t9-,10+/m0/s1. The zero-order valence-corrected chi connectivity index (χ0v) is 10.3. The second-order valence-corrected chi connectivity index (χ2v) is 5.07. The van der Waals surface area contributed by atoms with Gasteiger partial charge in [-0.15, -0.1) is 0 Å². The number of rotatable bonds is 0. The molecule has 2 bridgehead atoms. The number of pyridine rings is 1. The van der Waals surface area contributed by atoms with Crippen LogP contribution in [0.25, 0.3) is 0 Å². The van der Waals surface area contributed by atoms with Gasteiger partial charge < -0.3 is 14.2 Å². The maximum Gasteiger partial charge on any atom is 0.409 e. The van der Waals surface area contributed by atoms with Crippen LogP contribution in [-0.4, -0.2) is 35.8 Å². The fourth-order valence-corrected chi connectivity index (χ4v) is 3.17. The molecule has 18 heavy (non-hydrogen) atoms. The van der Waals surface area contributed by atoms with Crippen LogP contribution in [0, 0.1) is 5.92 Å². The normalized spacial score (nSPS) is 25.5. The molecule has 2 aliphatic rings. The summed E-state index contributed by atoms with van der Waals surface area (Å²) in [4.78, 5) is 25.2. The Hall–Kier alpha value is -1.78. The van der Waals surface area contributed by atoms with Crippen LogP contribution in [0.15, 0.2) is 23.0 Å². The molecule has 1 aromatic rings. The van der Waals surface area contributed by atoms with Gasteiger partial charge in [0.2, 0.25) is 0 Å². The van der Waals surface area contributed by atoms with Gasteiger partial charge in [0.1, 0.15) is 0 Å².